The van der Waals surface area contributed by atoms with E-state index in [1.807, 2.05) is 41.8 Å². The number of rotatable bonds is 13. The van der Waals surface area contributed by atoms with Crippen LogP contribution in [-0.4, -0.2) is 71.1 Å². The number of carbonyl (C=O) groups is 2. The first-order valence-corrected chi connectivity index (χ1v) is 17.1. The summed E-state index contributed by atoms with van der Waals surface area (Å²) in [7, 11) is 0. The number of hydrogen-bond acceptors (Lipinski definition) is 11. The highest BCUT2D eigenvalue weighted by molar-refractivity contribution is 7.98. The summed E-state index contributed by atoms with van der Waals surface area (Å²) in [6.45, 7) is 2.87. The molecule has 2 aromatic carbocycles. The van der Waals surface area contributed by atoms with E-state index in [1.165, 1.54) is 11.8 Å². The Morgan fingerprint density at radius 1 is 1.00 bits per heavy atom. The maximum absolute atomic E-state index is 10.6. The number of pyridine rings is 1. The highest BCUT2D eigenvalue weighted by atomic mass is 35.5. The Balaban J connectivity index is 0.000000727. The molecule has 5 rings (SSSR count). The number of nitrogens with one attached hydrogen (secondary N) is 1. The van der Waals surface area contributed by atoms with Gasteiger partial charge in [-0.3, -0.25) is 4.79 Å². The van der Waals surface area contributed by atoms with Crippen molar-refractivity contribution in [3.63, 3.8) is 0 Å². The number of hydrogen-bond donors (Lipinski definition) is 3. The molecule has 50 heavy (non-hydrogen) atoms. The molecule has 0 unspecified atom stereocenters. The summed E-state index contributed by atoms with van der Waals surface area (Å²) in [5, 5.41) is 43.5. The third-order valence-electron chi connectivity index (χ3n) is 6.97. The van der Waals surface area contributed by atoms with Crippen LogP contribution in [0.5, 0.6) is 5.75 Å². The van der Waals surface area contributed by atoms with Gasteiger partial charge < -0.3 is 25.2 Å². The van der Waals surface area contributed by atoms with Crippen molar-refractivity contribution in [2.75, 3.05) is 37.7 Å². The highest BCUT2D eigenvalue weighted by Crippen LogP contribution is 2.40. The van der Waals surface area contributed by atoms with Gasteiger partial charge >= 0.3 is 18.1 Å². The van der Waals surface area contributed by atoms with Crippen LogP contribution in [0.3, 0.4) is 0 Å². The Morgan fingerprint density at radius 2 is 1.64 bits per heavy atom. The van der Waals surface area contributed by atoms with E-state index in [2.05, 4.69) is 22.4 Å². The smallest absolute Gasteiger partial charge is 0.490 e. The van der Waals surface area contributed by atoms with E-state index < -0.39 is 18.1 Å². The number of anilines is 1. The average molecular weight is 745 g/mol. The molecule has 3 heterocycles. The van der Waals surface area contributed by atoms with Gasteiger partial charge in [0.15, 0.2) is 0 Å². The fourth-order valence-electron chi connectivity index (χ4n) is 4.43. The maximum Gasteiger partial charge on any atom is 0.490 e. The maximum atomic E-state index is 10.6. The minimum atomic E-state index is -5.08. The van der Waals surface area contributed by atoms with Crippen molar-refractivity contribution in [2.24, 2.45) is 0 Å². The minimum Gasteiger partial charge on any atom is -0.492 e. The van der Waals surface area contributed by atoms with Crippen LogP contribution < -0.4 is 15.0 Å². The zero-order valence-electron chi connectivity index (χ0n) is 26.0. The summed E-state index contributed by atoms with van der Waals surface area (Å²) in [4.78, 5) is 31.2. The molecule has 1 fully saturated rings. The summed E-state index contributed by atoms with van der Waals surface area (Å²) in [5.74, 6) is -1.86. The lowest BCUT2D eigenvalue weighted by atomic mass is 9.96. The molecule has 0 spiro atoms. The molecule has 17 heteroatoms. The largest absolute Gasteiger partial charge is 0.492 e. The Kier molecular flexibility index (Phi) is 13.4. The van der Waals surface area contributed by atoms with E-state index in [9.17, 15) is 28.5 Å². The van der Waals surface area contributed by atoms with Crippen molar-refractivity contribution in [2.45, 2.75) is 29.8 Å². The Morgan fingerprint density at radius 3 is 2.20 bits per heavy atom. The number of aromatic nitrogens is 2. The second kappa shape index (κ2) is 17.7. The standard InChI is InChI=1S/C31H27ClN6O3S2.C2HF3O2/c32-22-6-2-21(3-7-22)30-36-23(18-42-30)19-43-31-26(17-34)28(25(16-33)29(37-31)38-13-1-14-38)20-4-8-24(9-5-20)41-15-12-35-11-10-27(39)40;3-2(4,5)1(6)7/h2-9,18,35H,1,10-15,19H2,(H,39,40);(H,6,7). The van der Waals surface area contributed by atoms with Gasteiger partial charge in [-0.1, -0.05) is 47.6 Å². The molecule has 0 amide bonds. The molecule has 1 aliphatic heterocycles. The minimum absolute atomic E-state index is 0.0526. The van der Waals surface area contributed by atoms with Crippen molar-refractivity contribution in [3.05, 3.63) is 75.8 Å². The third-order valence-corrected chi connectivity index (χ3v) is 9.17. The molecule has 11 nitrogen and oxygen atoms in total. The predicted octanol–water partition coefficient (Wildman–Crippen LogP) is 6.85. The normalized spacial score (nSPS) is 12.2. The predicted molar refractivity (Wildman–Crippen MR) is 182 cm³/mol. The Hall–Kier alpha value is -4.87. The van der Waals surface area contributed by atoms with Gasteiger partial charge in [0.2, 0.25) is 0 Å². The van der Waals surface area contributed by atoms with Gasteiger partial charge in [0.25, 0.3) is 0 Å². The first kappa shape index (κ1) is 37.9. The summed E-state index contributed by atoms with van der Waals surface area (Å²) < 4.78 is 37.5. The fourth-order valence-corrected chi connectivity index (χ4v) is 6.36. The summed E-state index contributed by atoms with van der Waals surface area (Å²) in [5.41, 5.74) is 3.90. The number of thioether (sulfide) groups is 1. The number of alkyl halides is 3. The quantitative estimate of drug-likeness (QED) is 0.0962. The lowest BCUT2D eigenvalue weighted by Crippen LogP contribution is -2.38. The highest BCUT2D eigenvalue weighted by Gasteiger charge is 2.38. The number of nitrogens with zero attached hydrogens (tertiary/aromatic N) is 5. The van der Waals surface area contributed by atoms with E-state index >= 15 is 0 Å². The molecular weight excluding hydrogens is 717 g/mol. The molecule has 0 atom stereocenters. The van der Waals surface area contributed by atoms with Crippen molar-refractivity contribution in [1.82, 2.24) is 15.3 Å². The molecule has 0 aliphatic carbocycles. The van der Waals surface area contributed by atoms with Gasteiger partial charge in [0, 0.05) is 53.5 Å². The number of benzene rings is 2. The molecule has 0 radical (unpaired) electrons. The lowest BCUT2D eigenvalue weighted by molar-refractivity contribution is -0.192. The molecule has 4 aromatic rings. The second-order valence-corrected chi connectivity index (χ2v) is 12.7. The molecule has 2 aromatic heterocycles. The molecule has 1 saturated heterocycles. The van der Waals surface area contributed by atoms with Gasteiger partial charge in [0.05, 0.1) is 17.7 Å². The topological polar surface area (TPSA) is 172 Å². The van der Waals surface area contributed by atoms with Crippen LogP contribution in [0.25, 0.3) is 21.7 Å². The van der Waals surface area contributed by atoms with Gasteiger partial charge in [-0.25, -0.2) is 14.8 Å². The fraction of sp³-hybridized carbons (Fsp3) is 0.273. The van der Waals surface area contributed by atoms with Crippen molar-refractivity contribution in [1.29, 1.82) is 10.5 Å². The van der Waals surface area contributed by atoms with E-state index in [4.69, 9.17) is 41.3 Å². The van der Waals surface area contributed by atoms with Crippen LogP contribution >= 0.6 is 34.7 Å². The second-order valence-electron chi connectivity index (χ2n) is 10.4. The van der Waals surface area contributed by atoms with Crippen LogP contribution in [0.15, 0.2) is 58.9 Å². The SMILES string of the molecule is N#Cc1c(SCc2csc(-c3ccc(Cl)cc3)n2)nc(N2CCC2)c(C#N)c1-c1ccc(OCCNCCC(=O)O)cc1.O=C(O)C(F)(F)F. The molecule has 0 bridgehead atoms. The van der Waals surface area contributed by atoms with E-state index in [0.717, 1.165) is 41.3 Å². The third kappa shape index (κ3) is 10.3. The first-order valence-electron chi connectivity index (χ1n) is 14.8. The van der Waals surface area contributed by atoms with Crippen molar-refractivity contribution < 1.29 is 37.7 Å². The number of nitriles is 2. The van der Waals surface area contributed by atoms with Crippen molar-refractivity contribution >= 4 is 52.5 Å². The van der Waals surface area contributed by atoms with Gasteiger partial charge in [-0.15, -0.1) is 11.3 Å². The van der Waals surface area contributed by atoms with Crippen molar-refractivity contribution in [3.8, 4) is 39.6 Å². The molecule has 1 aliphatic rings. The number of thiazole rings is 1. The van der Waals surface area contributed by atoms with Gasteiger partial charge in [-0.05, 0) is 36.2 Å². The lowest BCUT2D eigenvalue weighted by Gasteiger charge is -2.33. The zero-order chi connectivity index (χ0) is 36.3. The van der Waals surface area contributed by atoms with Gasteiger partial charge in [-0.2, -0.15) is 23.7 Å². The van der Waals surface area contributed by atoms with Crippen LogP contribution in [0, 0.1) is 22.7 Å². The number of halogens is 4. The molecule has 3 N–H and O–H groups in total. The van der Waals surface area contributed by atoms with Crippen LogP contribution in [0.1, 0.15) is 29.7 Å². The Bertz CT molecular complexity index is 1890. The summed E-state index contributed by atoms with van der Waals surface area (Å²) in [6, 6.07) is 19.5. The molecule has 260 valence electrons. The van der Waals surface area contributed by atoms with Crippen LogP contribution in [0.2, 0.25) is 5.02 Å². The molecular formula is C33H28ClF3N6O5S2. The van der Waals surface area contributed by atoms with Crippen LogP contribution in [-0.2, 0) is 15.3 Å². The molecule has 0 saturated carbocycles. The van der Waals surface area contributed by atoms with E-state index in [1.54, 1.807) is 23.5 Å². The number of ether oxygens (including phenoxy) is 1. The van der Waals surface area contributed by atoms with E-state index in [0.29, 0.717) is 63.8 Å². The van der Waals surface area contributed by atoms with E-state index in [-0.39, 0.29) is 6.42 Å². The van der Waals surface area contributed by atoms with Crippen LogP contribution in [0.4, 0.5) is 19.0 Å². The van der Waals surface area contributed by atoms with Gasteiger partial charge in [0.1, 0.15) is 45.9 Å². The number of carboxylic acid groups (broad SMARTS) is 2. The monoisotopic (exact) mass is 744 g/mol. The number of carboxylic acids is 2. The summed E-state index contributed by atoms with van der Waals surface area (Å²) in [6.07, 6.45) is -4.01. The summed E-state index contributed by atoms with van der Waals surface area (Å²) >= 11 is 9.01. The average Bonchev–Trinajstić information content (AvgIpc) is 3.53. The first-order chi connectivity index (χ1) is 23.9. The number of aliphatic carboxylic acids is 2. The zero-order valence-corrected chi connectivity index (χ0v) is 28.4. The Labute approximate surface area is 297 Å².